The van der Waals surface area contributed by atoms with Gasteiger partial charge in [-0.3, -0.25) is 4.79 Å². The Kier molecular flexibility index (Phi) is 5.11. The van der Waals surface area contributed by atoms with Crippen LogP contribution in [-0.4, -0.2) is 19.1 Å². The molecule has 3 nitrogen and oxygen atoms in total. The predicted octanol–water partition coefficient (Wildman–Crippen LogP) is 3.43. The number of carbonyl (C=O) groups excluding carboxylic acids is 1. The number of amides is 1. The van der Waals surface area contributed by atoms with E-state index in [0.717, 1.165) is 12.1 Å². The molecular formula is C15H12ClF2NO2. The highest BCUT2D eigenvalue weighted by atomic mass is 35.5. The van der Waals surface area contributed by atoms with Gasteiger partial charge >= 0.3 is 0 Å². The predicted molar refractivity (Wildman–Crippen MR) is 75.6 cm³/mol. The van der Waals surface area contributed by atoms with Crippen molar-refractivity contribution in [2.24, 2.45) is 0 Å². The molecule has 0 fully saturated rings. The van der Waals surface area contributed by atoms with Crippen LogP contribution in [0.2, 0.25) is 5.02 Å². The maximum absolute atomic E-state index is 13.0. The molecule has 0 radical (unpaired) electrons. The maximum Gasteiger partial charge on any atom is 0.251 e. The molecule has 2 rings (SSSR count). The van der Waals surface area contributed by atoms with E-state index in [0.29, 0.717) is 10.8 Å². The zero-order valence-electron chi connectivity index (χ0n) is 10.9. The number of hydrogen-bond acceptors (Lipinski definition) is 2. The number of ether oxygens (including phenoxy) is 1. The highest BCUT2D eigenvalue weighted by Gasteiger charge is 2.09. The maximum atomic E-state index is 13.0. The van der Waals surface area contributed by atoms with Crippen molar-refractivity contribution in [1.29, 1.82) is 0 Å². The van der Waals surface area contributed by atoms with E-state index in [1.165, 1.54) is 6.07 Å². The molecule has 110 valence electrons. The van der Waals surface area contributed by atoms with Crippen molar-refractivity contribution in [3.63, 3.8) is 0 Å². The number of halogens is 3. The fourth-order valence-corrected chi connectivity index (χ4v) is 1.81. The van der Waals surface area contributed by atoms with E-state index in [-0.39, 0.29) is 18.7 Å². The third kappa shape index (κ3) is 4.43. The number of nitrogens with one attached hydrogen (secondary N) is 1. The van der Waals surface area contributed by atoms with Crippen LogP contribution in [0.4, 0.5) is 8.78 Å². The Morgan fingerprint density at radius 2 is 1.95 bits per heavy atom. The molecule has 2 aromatic carbocycles. The molecule has 6 heteroatoms. The molecule has 0 aliphatic heterocycles. The van der Waals surface area contributed by atoms with E-state index in [2.05, 4.69) is 5.32 Å². The lowest BCUT2D eigenvalue weighted by molar-refractivity contribution is 0.0946. The van der Waals surface area contributed by atoms with Gasteiger partial charge in [-0.05, 0) is 36.4 Å². The van der Waals surface area contributed by atoms with Crippen molar-refractivity contribution >= 4 is 17.5 Å². The average molecular weight is 312 g/mol. The summed E-state index contributed by atoms with van der Waals surface area (Å²) in [5, 5.41) is 3.10. The molecule has 0 aliphatic rings. The Labute approximate surface area is 125 Å². The molecule has 21 heavy (non-hydrogen) atoms. The summed E-state index contributed by atoms with van der Waals surface area (Å²) in [5.41, 5.74) is 0.0525. The van der Waals surface area contributed by atoms with Gasteiger partial charge in [-0.2, -0.15) is 0 Å². The van der Waals surface area contributed by atoms with Crippen LogP contribution in [0.3, 0.4) is 0 Å². The van der Waals surface area contributed by atoms with Gasteiger partial charge in [-0.1, -0.05) is 17.7 Å². The number of hydrogen-bond donors (Lipinski definition) is 1. The molecule has 2 aromatic rings. The lowest BCUT2D eigenvalue weighted by Crippen LogP contribution is -2.28. The Morgan fingerprint density at radius 3 is 2.67 bits per heavy atom. The first-order valence-corrected chi connectivity index (χ1v) is 6.55. The first-order chi connectivity index (χ1) is 10.1. The zero-order valence-corrected chi connectivity index (χ0v) is 11.7. The minimum Gasteiger partial charge on any atom is -0.492 e. The number of carbonyl (C=O) groups is 1. The van der Waals surface area contributed by atoms with Crippen molar-refractivity contribution in [3.05, 3.63) is 64.7 Å². The molecule has 0 heterocycles. The normalized spacial score (nSPS) is 10.2. The Bertz CT molecular complexity index is 649. The van der Waals surface area contributed by atoms with Crippen LogP contribution < -0.4 is 10.1 Å². The first kappa shape index (κ1) is 15.3. The van der Waals surface area contributed by atoms with Crippen LogP contribution in [0.5, 0.6) is 5.75 Å². The van der Waals surface area contributed by atoms with Gasteiger partial charge < -0.3 is 10.1 Å². The number of rotatable bonds is 5. The van der Waals surface area contributed by atoms with Crippen LogP contribution in [-0.2, 0) is 0 Å². The Hall–Kier alpha value is -2.14. The van der Waals surface area contributed by atoms with Gasteiger partial charge in [0.25, 0.3) is 5.91 Å². The van der Waals surface area contributed by atoms with E-state index in [4.69, 9.17) is 16.3 Å². The topological polar surface area (TPSA) is 38.3 Å². The number of benzene rings is 2. The third-order valence-electron chi connectivity index (χ3n) is 2.63. The van der Waals surface area contributed by atoms with Gasteiger partial charge in [0, 0.05) is 10.6 Å². The van der Waals surface area contributed by atoms with E-state index in [9.17, 15) is 13.6 Å². The highest BCUT2D eigenvalue weighted by molar-refractivity contribution is 6.30. The largest absolute Gasteiger partial charge is 0.492 e. The summed E-state index contributed by atoms with van der Waals surface area (Å²) in [7, 11) is 0. The van der Waals surface area contributed by atoms with Gasteiger partial charge in [0.1, 0.15) is 12.4 Å². The molecule has 0 saturated heterocycles. The summed E-state index contributed by atoms with van der Waals surface area (Å²) in [4.78, 5) is 11.7. The average Bonchev–Trinajstić information content (AvgIpc) is 2.46. The van der Waals surface area contributed by atoms with Gasteiger partial charge in [0.2, 0.25) is 0 Å². The quantitative estimate of drug-likeness (QED) is 0.859. The van der Waals surface area contributed by atoms with Crippen molar-refractivity contribution in [1.82, 2.24) is 5.32 Å². The molecule has 1 N–H and O–H groups in total. The van der Waals surface area contributed by atoms with E-state index < -0.39 is 17.5 Å². The highest BCUT2D eigenvalue weighted by Crippen LogP contribution is 2.16. The molecule has 1 amide bonds. The van der Waals surface area contributed by atoms with Gasteiger partial charge in [0.15, 0.2) is 11.6 Å². The molecule has 0 unspecified atom stereocenters. The minimum atomic E-state index is -1.06. The monoisotopic (exact) mass is 311 g/mol. The first-order valence-electron chi connectivity index (χ1n) is 6.18. The summed E-state index contributed by atoms with van der Waals surface area (Å²) < 4.78 is 31.1. The Balaban J connectivity index is 1.80. The van der Waals surface area contributed by atoms with Crippen LogP contribution >= 0.6 is 11.6 Å². The van der Waals surface area contributed by atoms with Crippen molar-refractivity contribution in [2.45, 2.75) is 0 Å². The van der Waals surface area contributed by atoms with Gasteiger partial charge in [-0.15, -0.1) is 0 Å². The molecule has 0 saturated carbocycles. The SMILES string of the molecule is O=C(NCCOc1cccc(Cl)c1)c1ccc(F)c(F)c1. The second kappa shape index (κ2) is 7.04. The Morgan fingerprint density at radius 1 is 1.14 bits per heavy atom. The molecule has 0 spiro atoms. The van der Waals surface area contributed by atoms with Crippen LogP contribution in [0.25, 0.3) is 0 Å². The smallest absolute Gasteiger partial charge is 0.251 e. The van der Waals surface area contributed by atoms with Gasteiger partial charge in [0.05, 0.1) is 6.54 Å². The standard InChI is InChI=1S/C15H12ClF2NO2/c16-11-2-1-3-12(9-11)21-7-6-19-15(20)10-4-5-13(17)14(18)8-10/h1-5,8-9H,6-7H2,(H,19,20). The van der Waals surface area contributed by atoms with Crippen LogP contribution in [0, 0.1) is 11.6 Å². The second-order valence-corrected chi connectivity index (χ2v) is 4.63. The molecule has 0 bridgehead atoms. The van der Waals surface area contributed by atoms with Crippen molar-refractivity contribution < 1.29 is 18.3 Å². The van der Waals surface area contributed by atoms with Crippen LogP contribution in [0.15, 0.2) is 42.5 Å². The van der Waals surface area contributed by atoms with Crippen molar-refractivity contribution in [3.8, 4) is 5.75 Å². The van der Waals surface area contributed by atoms with Crippen LogP contribution in [0.1, 0.15) is 10.4 Å². The third-order valence-corrected chi connectivity index (χ3v) is 2.87. The van der Waals surface area contributed by atoms with E-state index in [1.807, 2.05) is 0 Å². The fourth-order valence-electron chi connectivity index (χ4n) is 1.63. The molecule has 0 aliphatic carbocycles. The second-order valence-electron chi connectivity index (χ2n) is 4.19. The van der Waals surface area contributed by atoms with E-state index >= 15 is 0 Å². The molecule has 0 atom stereocenters. The summed E-state index contributed by atoms with van der Waals surface area (Å²) in [6.45, 7) is 0.458. The summed E-state index contributed by atoms with van der Waals surface area (Å²) >= 11 is 5.80. The van der Waals surface area contributed by atoms with Crippen molar-refractivity contribution in [2.75, 3.05) is 13.2 Å². The lowest BCUT2D eigenvalue weighted by atomic mass is 10.2. The summed E-state index contributed by atoms with van der Waals surface area (Å²) in [6.07, 6.45) is 0. The van der Waals surface area contributed by atoms with E-state index in [1.54, 1.807) is 24.3 Å². The lowest BCUT2D eigenvalue weighted by Gasteiger charge is -2.08. The zero-order chi connectivity index (χ0) is 15.2. The minimum absolute atomic E-state index is 0.0525. The van der Waals surface area contributed by atoms with Gasteiger partial charge in [-0.25, -0.2) is 8.78 Å². The molecule has 0 aromatic heterocycles. The summed E-state index contributed by atoms with van der Waals surface area (Å²) in [6, 6.07) is 9.83. The fraction of sp³-hybridized carbons (Fsp3) is 0.133. The molecular weight excluding hydrogens is 300 g/mol. The summed E-state index contributed by atoms with van der Waals surface area (Å²) in [5.74, 6) is -1.96.